The summed E-state index contributed by atoms with van der Waals surface area (Å²) in [5, 5.41) is 12.7. The highest BCUT2D eigenvalue weighted by molar-refractivity contribution is 8.15. The molecule has 1 atom stereocenters. The van der Waals surface area contributed by atoms with Crippen molar-refractivity contribution in [2.45, 2.75) is 11.7 Å². The molecular formula is C12H10N3O4S-. The Morgan fingerprint density at radius 2 is 2.20 bits per heavy atom. The molecule has 104 valence electrons. The molecule has 0 aliphatic carbocycles. The molecule has 0 saturated heterocycles. The highest BCUT2D eigenvalue weighted by Crippen LogP contribution is 2.23. The van der Waals surface area contributed by atoms with Crippen molar-refractivity contribution in [1.29, 1.82) is 0 Å². The van der Waals surface area contributed by atoms with E-state index in [9.17, 15) is 19.5 Å². The lowest BCUT2D eigenvalue weighted by molar-refractivity contribution is -0.255. The summed E-state index contributed by atoms with van der Waals surface area (Å²) in [6.45, 7) is 0. The molecule has 0 fully saturated rings. The first-order chi connectivity index (χ1) is 9.45. The molecule has 1 aromatic rings. The first-order valence-corrected chi connectivity index (χ1v) is 6.49. The standard InChI is InChI=1S/C12H11N3O4S/c13-12-15-10(17)8(20-12)5-9(16)14-7-3-1-2-6(4-7)11(18)19/h1-4,8H,5H2,(H,14,16)(H,18,19)(H2,13,15,17)/p-1. The zero-order chi connectivity index (χ0) is 14.7. The number of carboxylic acid groups (broad SMARTS) is 1. The summed E-state index contributed by atoms with van der Waals surface area (Å²) in [4.78, 5) is 37.3. The first-order valence-electron chi connectivity index (χ1n) is 5.61. The summed E-state index contributed by atoms with van der Waals surface area (Å²) in [5.74, 6) is -2.19. The number of amides is 2. The van der Waals surface area contributed by atoms with E-state index in [1.165, 1.54) is 18.2 Å². The van der Waals surface area contributed by atoms with Gasteiger partial charge in [0.05, 0.1) is 5.97 Å². The second kappa shape index (κ2) is 5.74. The Balaban J connectivity index is 1.97. The number of anilines is 1. The van der Waals surface area contributed by atoms with Crippen LogP contribution in [0.25, 0.3) is 0 Å². The van der Waals surface area contributed by atoms with Crippen molar-refractivity contribution in [3.05, 3.63) is 29.8 Å². The Kier molecular flexibility index (Phi) is 4.04. The molecule has 0 saturated carbocycles. The van der Waals surface area contributed by atoms with Crippen molar-refractivity contribution in [2.75, 3.05) is 5.32 Å². The number of amidine groups is 1. The minimum atomic E-state index is -1.33. The van der Waals surface area contributed by atoms with E-state index in [1.807, 2.05) is 0 Å². The molecule has 1 aliphatic heterocycles. The Morgan fingerprint density at radius 3 is 2.80 bits per heavy atom. The lowest BCUT2D eigenvalue weighted by atomic mass is 10.2. The number of carbonyl (C=O) groups is 3. The Bertz CT molecular complexity index is 614. The van der Waals surface area contributed by atoms with Gasteiger partial charge in [-0.15, -0.1) is 0 Å². The first kappa shape index (κ1) is 14.1. The summed E-state index contributed by atoms with van der Waals surface area (Å²) in [6.07, 6.45) is -0.0801. The third-order valence-corrected chi connectivity index (χ3v) is 3.50. The number of aliphatic imine (C=N–C) groups is 1. The minimum Gasteiger partial charge on any atom is -0.545 e. The molecule has 1 heterocycles. The maximum atomic E-state index is 11.8. The number of nitrogens with one attached hydrogen (secondary N) is 1. The van der Waals surface area contributed by atoms with Gasteiger partial charge in [0, 0.05) is 12.1 Å². The smallest absolute Gasteiger partial charge is 0.262 e. The van der Waals surface area contributed by atoms with Crippen LogP contribution in [0.2, 0.25) is 0 Å². The van der Waals surface area contributed by atoms with Crippen LogP contribution in [-0.4, -0.2) is 28.2 Å². The van der Waals surface area contributed by atoms with E-state index in [0.717, 1.165) is 11.8 Å². The van der Waals surface area contributed by atoms with E-state index in [-0.39, 0.29) is 17.2 Å². The van der Waals surface area contributed by atoms with E-state index < -0.39 is 23.0 Å². The number of carbonyl (C=O) groups excluding carboxylic acids is 3. The molecule has 2 rings (SSSR count). The number of carboxylic acids is 1. The number of nitrogens with two attached hydrogens (primary N) is 1. The van der Waals surface area contributed by atoms with Gasteiger partial charge in [0.25, 0.3) is 5.91 Å². The number of hydrogen-bond acceptors (Lipinski definition) is 6. The number of nitrogens with zero attached hydrogens (tertiary/aromatic N) is 1. The van der Waals surface area contributed by atoms with Crippen LogP contribution in [0.15, 0.2) is 29.3 Å². The van der Waals surface area contributed by atoms with E-state index in [2.05, 4.69) is 10.3 Å². The second-order valence-corrected chi connectivity index (χ2v) is 5.24. The summed E-state index contributed by atoms with van der Waals surface area (Å²) in [6, 6.07) is 5.66. The lowest BCUT2D eigenvalue weighted by Crippen LogP contribution is -2.23. The van der Waals surface area contributed by atoms with Crippen LogP contribution in [0.3, 0.4) is 0 Å². The van der Waals surface area contributed by atoms with Crippen LogP contribution in [-0.2, 0) is 9.59 Å². The predicted octanol–water partition coefficient (Wildman–Crippen LogP) is -0.665. The van der Waals surface area contributed by atoms with Crippen LogP contribution in [0.5, 0.6) is 0 Å². The molecule has 2 amide bonds. The normalized spacial score (nSPS) is 17.7. The zero-order valence-corrected chi connectivity index (χ0v) is 11.0. The largest absolute Gasteiger partial charge is 0.545 e. The molecule has 1 aliphatic rings. The van der Waals surface area contributed by atoms with Gasteiger partial charge in [0.15, 0.2) is 5.17 Å². The fraction of sp³-hybridized carbons (Fsp3) is 0.167. The van der Waals surface area contributed by atoms with Gasteiger partial charge in [-0.05, 0) is 17.7 Å². The quantitative estimate of drug-likeness (QED) is 0.758. The van der Waals surface area contributed by atoms with Gasteiger partial charge >= 0.3 is 0 Å². The van der Waals surface area contributed by atoms with Crippen LogP contribution < -0.4 is 16.2 Å². The third-order valence-electron chi connectivity index (χ3n) is 2.51. The maximum absolute atomic E-state index is 11.8. The predicted molar refractivity (Wildman–Crippen MR) is 72.0 cm³/mol. The fourth-order valence-corrected chi connectivity index (χ4v) is 2.46. The number of thioether (sulfide) groups is 1. The molecule has 1 aromatic carbocycles. The van der Waals surface area contributed by atoms with E-state index >= 15 is 0 Å². The topological polar surface area (TPSA) is 125 Å². The lowest BCUT2D eigenvalue weighted by Gasteiger charge is -2.09. The van der Waals surface area contributed by atoms with Crippen LogP contribution in [0, 0.1) is 0 Å². The van der Waals surface area contributed by atoms with Gasteiger partial charge in [0.1, 0.15) is 5.25 Å². The number of hydrogen-bond donors (Lipinski definition) is 2. The SMILES string of the molecule is NC1=NC(=O)C(CC(=O)Nc2cccc(C(=O)[O-])c2)S1. The molecule has 0 radical (unpaired) electrons. The summed E-state index contributed by atoms with van der Waals surface area (Å²) in [5.41, 5.74) is 5.67. The summed E-state index contributed by atoms with van der Waals surface area (Å²) < 4.78 is 0. The van der Waals surface area contributed by atoms with Gasteiger partial charge < -0.3 is 21.0 Å². The third kappa shape index (κ3) is 3.35. The van der Waals surface area contributed by atoms with Gasteiger partial charge in [-0.3, -0.25) is 9.59 Å². The Morgan fingerprint density at radius 1 is 1.45 bits per heavy atom. The fourth-order valence-electron chi connectivity index (χ4n) is 1.64. The maximum Gasteiger partial charge on any atom is 0.262 e. The zero-order valence-electron chi connectivity index (χ0n) is 10.2. The van der Waals surface area contributed by atoms with Gasteiger partial charge in [0.2, 0.25) is 5.91 Å². The van der Waals surface area contributed by atoms with Crippen molar-refractivity contribution < 1.29 is 19.5 Å². The van der Waals surface area contributed by atoms with Gasteiger partial charge in [-0.2, -0.15) is 4.99 Å². The highest BCUT2D eigenvalue weighted by atomic mass is 32.2. The van der Waals surface area contributed by atoms with Crippen LogP contribution in [0.1, 0.15) is 16.8 Å². The van der Waals surface area contributed by atoms with Crippen molar-refractivity contribution in [3.63, 3.8) is 0 Å². The highest BCUT2D eigenvalue weighted by Gasteiger charge is 2.29. The molecule has 3 N–H and O–H groups in total. The molecule has 7 nitrogen and oxygen atoms in total. The van der Waals surface area contributed by atoms with Crippen molar-refractivity contribution in [1.82, 2.24) is 0 Å². The summed E-state index contributed by atoms with van der Waals surface area (Å²) in [7, 11) is 0. The molecule has 8 heteroatoms. The van der Waals surface area contributed by atoms with Crippen LogP contribution in [0.4, 0.5) is 5.69 Å². The molecule has 0 aromatic heterocycles. The molecule has 0 spiro atoms. The minimum absolute atomic E-state index is 0.0401. The number of rotatable bonds is 4. The number of aromatic carboxylic acids is 1. The van der Waals surface area contributed by atoms with E-state index in [0.29, 0.717) is 5.69 Å². The van der Waals surface area contributed by atoms with E-state index in [1.54, 1.807) is 6.07 Å². The Hall–Kier alpha value is -2.35. The molecule has 1 unspecified atom stereocenters. The van der Waals surface area contributed by atoms with Crippen molar-refractivity contribution in [3.8, 4) is 0 Å². The molecule has 0 bridgehead atoms. The van der Waals surface area contributed by atoms with Gasteiger partial charge in [-0.1, -0.05) is 23.9 Å². The van der Waals surface area contributed by atoms with Crippen molar-refractivity contribution in [2.24, 2.45) is 10.7 Å². The van der Waals surface area contributed by atoms with Crippen molar-refractivity contribution >= 4 is 40.4 Å². The summed E-state index contributed by atoms with van der Waals surface area (Å²) >= 11 is 1.03. The second-order valence-electron chi connectivity index (χ2n) is 4.02. The average molecular weight is 292 g/mol. The van der Waals surface area contributed by atoms with Gasteiger partial charge in [-0.25, -0.2) is 0 Å². The monoisotopic (exact) mass is 292 g/mol. The average Bonchev–Trinajstić information content (AvgIpc) is 2.67. The van der Waals surface area contributed by atoms with Crippen LogP contribution >= 0.6 is 11.8 Å². The molecule has 20 heavy (non-hydrogen) atoms. The molecular weight excluding hydrogens is 282 g/mol. The number of benzene rings is 1. The van der Waals surface area contributed by atoms with E-state index in [4.69, 9.17) is 5.73 Å². The Labute approximate surface area is 118 Å².